The summed E-state index contributed by atoms with van der Waals surface area (Å²) in [6.45, 7) is 5.76. The van der Waals surface area contributed by atoms with E-state index in [4.69, 9.17) is 4.42 Å². The average Bonchev–Trinajstić information content (AvgIpc) is 2.76. The summed E-state index contributed by atoms with van der Waals surface area (Å²) in [5.74, 6) is 1.45. The Hall–Kier alpha value is -1.20. The van der Waals surface area contributed by atoms with Gasteiger partial charge in [0.15, 0.2) is 5.76 Å². The van der Waals surface area contributed by atoms with Crippen LogP contribution in [-0.2, 0) is 6.54 Å². The Morgan fingerprint density at radius 3 is 2.84 bits per heavy atom. The van der Waals surface area contributed by atoms with E-state index in [1.54, 1.807) is 12.3 Å². The molecule has 1 heterocycles. The maximum absolute atomic E-state index is 13.3. The molecule has 0 amide bonds. The third-order valence-electron chi connectivity index (χ3n) is 2.53. The number of hydrogen-bond acceptors (Lipinski definition) is 3. The molecule has 0 atom stereocenters. The second kappa shape index (κ2) is 6.30. The van der Waals surface area contributed by atoms with Gasteiger partial charge in [-0.15, -0.1) is 0 Å². The van der Waals surface area contributed by atoms with Crippen molar-refractivity contribution < 1.29 is 8.81 Å². The van der Waals surface area contributed by atoms with E-state index in [1.807, 2.05) is 0 Å². The molecule has 102 valence electrons. The minimum absolute atomic E-state index is 0.305. The van der Waals surface area contributed by atoms with Crippen molar-refractivity contribution in [2.45, 2.75) is 20.4 Å². The number of benzene rings is 1. The summed E-state index contributed by atoms with van der Waals surface area (Å²) < 4.78 is 19.6. The van der Waals surface area contributed by atoms with Crippen molar-refractivity contribution in [3.63, 3.8) is 0 Å². The van der Waals surface area contributed by atoms with Gasteiger partial charge < -0.3 is 9.73 Å². The van der Waals surface area contributed by atoms with E-state index in [0.29, 0.717) is 34.1 Å². The number of oxazole rings is 1. The number of nitrogens with one attached hydrogen (secondary N) is 1. The summed E-state index contributed by atoms with van der Waals surface area (Å²) in [4.78, 5) is 4.18. The maximum Gasteiger partial charge on any atom is 0.208 e. The van der Waals surface area contributed by atoms with Gasteiger partial charge in [0.05, 0.1) is 12.7 Å². The van der Waals surface area contributed by atoms with Crippen LogP contribution in [0.1, 0.15) is 19.7 Å². The monoisotopic (exact) mass is 326 g/mol. The molecule has 1 aromatic carbocycles. The molecule has 0 saturated heterocycles. The Morgan fingerprint density at radius 2 is 2.16 bits per heavy atom. The van der Waals surface area contributed by atoms with Gasteiger partial charge in [0.25, 0.3) is 0 Å². The topological polar surface area (TPSA) is 38.1 Å². The van der Waals surface area contributed by atoms with Crippen molar-refractivity contribution >= 4 is 15.9 Å². The van der Waals surface area contributed by atoms with Crippen LogP contribution in [0.15, 0.2) is 33.3 Å². The number of rotatable bonds is 5. The predicted octanol–water partition coefficient (Wildman–Crippen LogP) is 3.99. The van der Waals surface area contributed by atoms with Crippen molar-refractivity contribution in [3.8, 4) is 11.3 Å². The fourth-order valence-electron chi connectivity index (χ4n) is 1.69. The zero-order valence-electron chi connectivity index (χ0n) is 10.9. The van der Waals surface area contributed by atoms with E-state index in [9.17, 15) is 4.39 Å². The first-order valence-electron chi connectivity index (χ1n) is 6.16. The molecule has 0 aliphatic carbocycles. The number of aromatic nitrogens is 1. The highest BCUT2D eigenvalue weighted by atomic mass is 79.9. The molecule has 0 bridgehead atoms. The molecule has 0 aliphatic heterocycles. The molecule has 0 fully saturated rings. The Balaban J connectivity index is 2.07. The molecule has 1 aromatic heterocycles. The Kier molecular flexibility index (Phi) is 4.71. The lowest BCUT2D eigenvalue weighted by molar-refractivity contribution is 0.459. The Morgan fingerprint density at radius 1 is 1.37 bits per heavy atom. The lowest BCUT2D eigenvalue weighted by atomic mass is 10.2. The average molecular weight is 327 g/mol. The van der Waals surface area contributed by atoms with E-state index < -0.39 is 0 Å². The SMILES string of the molecule is CC(C)CNCc1ncc(-c2cc(F)cc(Br)c2)o1. The van der Waals surface area contributed by atoms with Gasteiger partial charge in [-0.3, -0.25) is 0 Å². The van der Waals surface area contributed by atoms with Gasteiger partial charge in [-0.05, 0) is 30.7 Å². The van der Waals surface area contributed by atoms with Crippen LogP contribution in [0.4, 0.5) is 4.39 Å². The lowest BCUT2D eigenvalue weighted by Crippen LogP contribution is -2.18. The van der Waals surface area contributed by atoms with Gasteiger partial charge in [-0.25, -0.2) is 9.37 Å². The second-order valence-electron chi connectivity index (χ2n) is 4.80. The van der Waals surface area contributed by atoms with Gasteiger partial charge in [-0.2, -0.15) is 0 Å². The molecule has 2 rings (SSSR count). The first-order valence-corrected chi connectivity index (χ1v) is 6.96. The van der Waals surface area contributed by atoms with Crippen LogP contribution in [0.5, 0.6) is 0 Å². The van der Waals surface area contributed by atoms with Gasteiger partial charge in [0.1, 0.15) is 5.82 Å². The summed E-state index contributed by atoms with van der Waals surface area (Å²) in [6, 6.07) is 4.64. The van der Waals surface area contributed by atoms with Gasteiger partial charge in [0, 0.05) is 10.0 Å². The first-order chi connectivity index (χ1) is 9.04. The molecule has 1 N–H and O–H groups in total. The Labute approximate surface area is 120 Å². The molecule has 0 saturated carbocycles. The largest absolute Gasteiger partial charge is 0.439 e. The molecule has 0 unspecified atom stereocenters. The van der Waals surface area contributed by atoms with E-state index in [0.717, 1.165) is 6.54 Å². The fraction of sp³-hybridized carbons (Fsp3) is 0.357. The van der Waals surface area contributed by atoms with Crippen molar-refractivity contribution in [3.05, 3.63) is 40.6 Å². The third-order valence-corrected chi connectivity index (χ3v) is 2.99. The number of halogens is 2. The van der Waals surface area contributed by atoms with Crippen molar-refractivity contribution in [1.29, 1.82) is 0 Å². The maximum atomic E-state index is 13.3. The minimum atomic E-state index is -0.305. The molecule has 0 radical (unpaired) electrons. The third kappa shape index (κ3) is 4.14. The summed E-state index contributed by atoms with van der Waals surface area (Å²) in [7, 11) is 0. The number of hydrogen-bond donors (Lipinski definition) is 1. The van der Waals surface area contributed by atoms with Crippen LogP contribution in [0, 0.1) is 11.7 Å². The lowest BCUT2D eigenvalue weighted by Gasteiger charge is -2.04. The summed E-state index contributed by atoms with van der Waals surface area (Å²) >= 11 is 3.26. The highest BCUT2D eigenvalue weighted by Gasteiger charge is 2.08. The number of nitrogens with zero attached hydrogens (tertiary/aromatic N) is 1. The normalized spacial score (nSPS) is 11.2. The van der Waals surface area contributed by atoms with Crippen LogP contribution < -0.4 is 5.32 Å². The van der Waals surface area contributed by atoms with Crippen LogP contribution in [-0.4, -0.2) is 11.5 Å². The van der Waals surface area contributed by atoms with E-state index in [1.165, 1.54) is 12.1 Å². The standard InChI is InChI=1S/C14H16BrFN2O/c1-9(2)6-17-8-14-18-7-13(19-14)10-3-11(15)5-12(16)4-10/h3-5,7,9,17H,6,8H2,1-2H3. The molecule has 2 aromatic rings. The zero-order chi connectivity index (χ0) is 13.8. The van der Waals surface area contributed by atoms with Crippen LogP contribution in [0.2, 0.25) is 0 Å². The molecular formula is C14H16BrFN2O. The molecular weight excluding hydrogens is 311 g/mol. The smallest absolute Gasteiger partial charge is 0.208 e. The van der Waals surface area contributed by atoms with Crippen LogP contribution in [0.3, 0.4) is 0 Å². The summed E-state index contributed by atoms with van der Waals surface area (Å²) in [6.07, 6.45) is 1.62. The molecule has 0 aliphatic rings. The first kappa shape index (κ1) is 14.2. The minimum Gasteiger partial charge on any atom is -0.439 e. The van der Waals surface area contributed by atoms with E-state index in [-0.39, 0.29) is 5.82 Å². The highest BCUT2D eigenvalue weighted by molar-refractivity contribution is 9.10. The van der Waals surface area contributed by atoms with Crippen molar-refractivity contribution in [1.82, 2.24) is 10.3 Å². The summed E-state index contributed by atoms with van der Waals surface area (Å²) in [5, 5.41) is 3.25. The van der Waals surface area contributed by atoms with Gasteiger partial charge >= 0.3 is 0 Å². The predicted molar refractivity (Wildman–Crippen MR) is 76.1 cm³/mol. The van der Waals surface area contributed by atoms with Gasteiger partial charge in [-0.1, -0.05) is 29.8 Å². The highest BCUT2D eigenvalue weighted by Crippen LogP contribution is 2.25. The van der Waals surface area contributed by atoms with Crippen molar-refractivity contribution in [2.75, 3.05) is 6.54 Å². The molecule has 5 heteroatoms. The second-order valence-corrected chi connectivity index (χ2v) is 5.72. The molecule has 3 nitrogen and oxygen atoms in total. The molecule has 19 heavy (non-hydrogen) atoms. The van der Waals surface area contributed by atoms with E-state index in [2.05, 4.69) is 40.1 Å². The zero-order valence-corrected chi connectivity index (χ0v) is 12.5. The van der Waals surface area contributed by atoms with Gasteiger partial charge in [0.2, 0.25) is 5.89 Å². The quantitative estimate of drug-likeness (QED) is 0.902. The Bertz CT molecular complexity index is 534. The van der Waals surface area contributed by atoms with E-state index >= 15 is 0 Å². The van der Waals surface area contributed by atoms with Crippen molar-refractivity contribution in [2.24, 2.45) is 5.92 Å². The summed E-state index contributed by atoms with van der Waals surface area (Å²) in [5.41, 5.74) is 0.675. The molecule has 0 spiro atoms. The van der Waals surface area contributed by atoms with Crippen LogP contribution >= 0.6 is 15.9 Å². The fourth-order valence-corrected chi connectivity index (χ4v) is 2.15. The van der Waals surface area contributed by atoms with Crippen LogP contribution in [0.25, 0.3) is 11.3 Å².